The zero-order valence-corrected chi connectivity index (χ0v) is 13.0. The van der Waals surface area contributed by atoms with Crippen molar-refractivity contribution in [2.24, 2.45) is 0 Å². The van der Waals surface area contributed by atoms with E-state index in [1.807, 2.05) is 0 Å². The quantitative estimate of drug-likeness (QED) is 0.890. The molecule has 1 aliphatic rings. The van der Waals surface area contributed by atoms with Gasteiger partial charge in [0.15, 0.2) is 0 Å². The van der Waals surface area contributed by atoms with Gasteiger partial charge in [0.05, 0.1) is 0 Å². The molecule has 0 radical (unpaired) electrons. The molecule has 2 heteroatoms. The fourth-order valence-corrected chi connectivity index (χ4v) is 2.95. The van der Waals surface area contributed by atoms with Crippen LogP contribution < -0.4 is 10.2 Å². The minimum absolute atomic E-state index is 0.257. The SMILES string of the molecule is CNC1CCC(C)(C)N(c2ccc(C(C)C)cc2)C1. The van der Waals surface area contributed by atoms with Gasteiger partial charge in [-0.05, 0) is 57.4 Å². The Kier molecular flexibility index (Phi) is 4.19. The van der Waals surface area contributed by atoms with Crippen molar-refractivity contribution in [1.82, 2.24) is 5.32 Å². The first-order valence-corrected chi connectivity index (χ1v) is 7.49. The summed E-state index contributed by atoms with van der Waals surface area (Å²) < 4.78 is 0. The Balaban J connectivity index is 2.22. The van der Waals surface area contributed by atoms with Gasteiger partial charge in [-0.2, -0.15) is 0 Å². The number of benzene rings is 1. The molecule has 1 heterocycles. The van der Waals surface area contributed by atoms with Crippen molar-refractivity contribution in [3.8, 4) is 0 Å². The summed E-state index contributed by atoms with van der Waals surface area (Å²) in [5, 5.41) is 3.43. The van der Waals surface area contributed by atoms with Gasteiger partial charge in [0.1, 0.15) is 0 Å². The fourth-order valence-electron chi connectivity index (χ4n) is 2.95. The Hall–Kier alpha value is -1.02. The van der Waals surface area contributed by atoms with Crippen LogP contribution in [0.15, 0.2) is 24.3 Å². The van der Waals surface area contributed by atoms with Gasteiger partial charge in [-0.25, -0.2) is 0 Å². The van der Waals surface area contributed by atoms with Gasteiger partial charge in [0.2, 0.25) is 0 Å². The fraction of sp³-hybridized carbons (Fsp3) is 0.647. The van der Waals surface area contributed by atoms with Gasteiger partial charge in [-0.3, -0.25) is 0 Å². The second kappa shape index (κ2) is 5.54. The maximum atomic E-state index is 3.43. The number of likely N-dealkylation sites (N-methyl/N-ethyl adjacent to an activating group) is 1. The molecular formula is C17H28N2. The Morgan fingerprint density at radius 3 is 2.37 bits per heavy atom. The topological polar surface area (TPSA) is 15.3 Å². The first-order valence-electron chi connectivity index (χ1n) is 7.49. The maximum absolute atomic E-state index is 3.43. The lowest BCUT2D eigenvalue weighted by Gasteiger charge is -2.47. The van der Waals surface area contributed by atoms with Gasteiger partial charge < -0.3 is 10.2 Å². The minimum atomic E-state index is 0.257. The number of rotatable bonds is 3. The molecule has 1 saturated heterocycles. The summed E-state index contributed by atoms with van der Waals surface area (Å²) in [4.78, 5) is 2.56. The molecule has 0 spiro atoms. The molecule has 1 fully saturated rings. The molecule has 1 unspecified atom stereocenters. The van der Waals surface area contributed by atoms with Crippen molar-refractivity contribution in [3.63, 3.8) is 0 Å². The molecule has 1 aromatic carbocycles. The predicted molar refractivity (Wildman–Crippen MR) is 84.0 cm³/mol. The molecule has 0 bridgehead atoms. The van der Waals surface area contributed by atoms with Crippen LogP contribution in [0, 0.1) is 0 Å². The van der Waals surface area contributed by atoms with Crippen molar-refractivity contribution in [3.05, 3.63) is 29.8 Å². The molecule has 0 aliphatic carbocycles. The second-order valence-corrected chi connectivity index (χ2v) is 6.69. The van der Waals surface area contributed by atoms with Crippen LogP contribution in [0.3, 0.4) is 0 Å². The predicted octanol–water partition coefficient (Wildman–Crippen LogP) is 3.78. The van der Waals surface area contributed by atoms with E-state index in [-0.39, 0.29) is 5.54 Å². The highest BCUT2D eigenvalue weighted by molar-refractivity contribution is 5.51. The molecule has 1 atom stereocenters. The standard InChI is InChI=1S/C17H28N2/c1-13(2)14-6-8-16(9-7-14)19-12-15(18-5)10-11-17(19,3)4/h6-9,13,15,18H,10-12H2,1-5H3. The molecule has 0 saturated carbocycles. The van der Waals surface area contributed by atoms with E-state index in [0.717, 1.165) is 6.54 Å². The maximum Gasteiger partial charge on any atom is 0.0371 e. The van der Waals surface area contributed by atoms with Gasteiger partial charge in [-0.15, -0.1) is 0 Å². The lowest BCUT2D eigenvalue weighted by molar-refractivity contribution is 0.313. The van der Waals surface area contributed by atoms with Gasteiger partial charge in [0, 0.05) is 23.8 Å². The summed E-state index contributed by atoms with van der Waals surface area (Å²) in [6, 6.07) is 9.74. The van der Waals surface area contributed by atoms with Crippen LogP contribution in [0.1, 0.15) is 52.0 Å². The van der Waals surface area contributed by atoms with Crippen LogP contribution in [0.2, 0.25) is 0 Å². The smallest absolute Gasteiger partial charge is 0.0371 e. The Labute approximate surface area is 118 Å². The van der Waals surface area contributed by atoms with Crippen LogP contribution in [0.5, 0.6) is 0 Å². The molecule has 106 valence electrons. The van der Waals surface area contributed by atoms with E-state index in [4.69, 9.17) is 0 Å². The summed E-state index contributed by atoms with van der Waals surface area (Å²) in [5.41, 5.74) is 3.03. The molecule has 19 heavy (non-hydrogen) atoms. The summed E-state index contributed by atoms with van der Waals surface area (Å²) in [7, 11) is 2.07. The second-order valence-electron chi connectivity index (χ2n) is 6.69. The molecule has 2 nitrogen and oxygen atoms in total. The number of hydrogen-bond donors (Lipinski definition) is 1. The molecular weight excluding hydrogens is 232 g/mol. The Morgan fingerprint density at radius 2 is 1.84 bits per heavy atom. The third kappa shape index (κ3) is 3.11. The van der Waals surface area contributed by atoms with E-state index in [0.29, 0.717) is 12.0 Å². The lowest BCUT2D eigenvalue weighted by Crippen LogP contribution is -2.55. The van der Waals surface area contributed by atoms with Crippen LogP contribution in [0.25, 0.3) is 0 Å². The number of nitrogens with one attached hydrogen (secondary N) is 1. The van der Waals surface area contributed by atoms with Crippen molar-refractivity contribution in [1.29, 1.82) is 0 Å². The molecule has 0 aromatic heterocycles. The van der Waals surface area contributed by atoms with E-state index >= 15 is 0 Å². The van der Waals surface area contributed by atoms with Crippen molar-refractivity contribution >= 4 is 5.69 Å². The summed E-state index contributed by atoms with van der Waals surface area (Å²) in [6.07, 6.45) is 2.51. The first kappa shape index (κ1) is 14.4. The van der Waals surface area contributed by atoms with Gasteiger partial charge in [-0.1, -0.05) is 26.0 Å². The van der Waals surface area contributed by atoms with Gasteiger partial charge in [0.25, 0.3) is 0 Å². The molecule has 0 amide bonds. The van der Waals surface area contributed by atoms with E-state index in [9.17, 15) is 0 Å². The monoisotopic (exact) mass is 260 g/mol. The Morgan fingerprint density at radius 1 is 1.21 bits per heavy atom. The molecule has 1 aliphatic heterocycles. The largest absolute Gasteiger partial charge is 0.365 e. The average Bonchev–Trinajstić information content (AvgIpc) is 2.39. The summed E-state index contributed by atoms with van der Waals surface area (Å²) in [5.74, 6) is 0.605. The van der Waals surface area contributed by atoms with Gasteiger partial charge >= 0.3 is 0 Å². The Bertz CT molecular complexity index is 406. The normalized spacial score (nSPS) is 22.8. The van der Waals surface area contributed by atoms with E-state index in [1.54, 1.807) is 0 Å². The van der Waals surface area contributed by atoms with E-state index in [1.165, 1.54) is 24.1 Å². The molecule has 1 aromatic rings. The van der Waals surface area contributed by atoms with Crippen molar-refractivity contribution in [2.45, 2.75) is 58.0 Å². The highest BCUT2D eigenvalue weighted by atomic mass is 15.2. The third-order valence-electron chi connectivity index (χ3n) is 4.52. The van der Waals surface area contributed by atoms with Crippen molar-refractivity contribution in [2.75, 3.05) is 18.5 Å². The zero-order chi connectivity index (χ0) is 14.0. The number of hydrogen-bond acceptors (Lipinski definition) is 2. The van der Waals surface area contributed by atoms with Crippen molar-refractivity contribution < 1.29 is 0 Å². The highest BCUT2D eigenvalue weighted by Gasteiger charge is 2.33. The van der Waals surface area contributed by atoms with E-state index < -0.39 is 0 Å². The molecule has 1 N–H and O–H groups in total. The number of nitrogens with zero attached hydrogens (tertiary/aromatic N) is 1. The zero-order valence-electron chi connectivity index (χ0n) is 13.0. The minimum Gasteiger partial charge on any atom is -0.365 e. The highest BCUT2D eigenvalue weighted by Crippen LogP contribution is 2.33. The van der Waals surface area contributed by atoms with Crippen LogP contribution in [0.4, 0.5) is 5.69 Å². The average molecular weight is 260 g/mol. The molecule has 2 rings (SSSR count). The number of piperidine rings is 1. The van der Waals surface area contributed by atoms with E-state index in [2.05, 4.69) is 69.2 Å². The van der Waals surface area contributed by atoms with Crippen LogP contribution in [-0.2, 0) is 0 Å². The summed E-state index contributed by atoms with van der Waals surface area (Å²) >= 11 is 0. The van der Waals surface area contributed by atoms with Crippen LogP contribution in [-0.4, -0.2) is 25.2 Å². The first-order chi connectivity index (χ1) is 8.94. The third-order valence-corrected chi connectivity index (χ3v) is 4.52. The summed E-state index contributed by atoms with van der Waals surface area (Å²) in [6.45, 7) is 10.3. The number of anilines is 1. The van der Waals surface area contributed by atoms with Crippen LogP contribution >= 0.6 is 0 Å². The lowest BCUT2D eigenvalue weighted by atomic mass is 9.87.